The van der Waals surface area contributed by atoms with Crippen LogP contribution in [0.2, 0.25) is 0 Å². The average Bonchev–Trinajstić information content (AvgIpc) is 3.19. The molecule has 340 valence electrons. The molecule has 1 aromatic carbocycles. The van der Waals surface area contributed by atoms with Gasteiger partial charge in [-0.25, -0.2) is 17.6 Å². The first-order valence-corrected chi connectivity index (χ1v) is 20.5. The molecular weight excluding hydrogens is 859 g/mol. The highest BCUT2D eigenvalue weighted by Crippen LogP contribution is 2.36. The van der Waals surface area contributed by atoms with Gasteiger partial charge in [-0.2, -0.15) is 5.48 Å². The summed E-state index contributed by atoms with van der Waals surface area (Å²) in [5.74, 6) is -16.0. The Labute approximate surface area is 355 Å². The number of ketones is 1. The zero-order chi connectivity index (χ0) is 45.8. The second-order valence-corrected chi connectivity index (χ2v) is 15.4. The molecule has 0 radical (unpaired) electrons. The number of hydrogen-bond acceptors (Lipinski definition) is 13. The molecular formula is C33H51F4N15O7S2. The normalized spacial score (nSPS) is 20.5. The minimum atomic E-state index is -1.90. The smallest absolute Gasteiger partial charge is 0.243 e. The lowest BCUT2D eigenvalue weighted by atomic mass is 10.0. The van der Waals surface area contributed by atoms with Crippen molar-refractivity contribution in [2.24, 2.45) is 17.2 Å². The highest BCUT2D eigenvalue weighted by Gasteiger charge is 2.34. The van der Waals surface area contributed by atoms with Crippen LogP contribution < -0.4 is 65.2 Å². The molecule has 0 spiro atoms. The fraction of sp³-hybridized carbons (Fsp3) is 0.545. The van der Waals surface area contributed by atoms with Crippen LogP contribution in [-0.2, 0) is 28.8 Å². The summed E-state index contributed by atoms with van der Waals surface area (Å²) in [7, 11) is 0. The van der Waals surface area contributed by atoms with E-state index in [1.165, 1.54) is 0 Å². The van der Waals surface area contributed by atoms with Crippen molar-refractivity contribution >= 4 is 76.7 Å². The molecule has 61 heavy (non-hydrogen) atoms. The van der Waals surface area contributed by atoms with E-state index in [9.17, 15) is 34.0 Å². The lowest BCUT2D eigenvalue weighted by Gasteiger charge is -2.27. The van der Waals surface area contributed by atoms with Crippen LogP contribution in [0, 0.1) is 39.5 Å². The molecule has 19 N–H and O–H groups in total. The van der Waals surface area contributed by atoms with E-state index in [4.69, 9.17) is 33.4 Å². The van der Waals surface area contributed by atoms with Crippen molar-refractivity contribution in [1.29, 1.82) is 16.2 Å². The summed E-state index contributed by atoms with van der Waals surface area (Å²) in [6, 6.07) is -8.01. The molecule has 5 amide bonds. The number of nitrogens with one attached hydrogen (secondary N) is 12. The third kappa shape index (κ3) is 17.5. The number of carbonyl (C=O) groups is 6. The van der Waals surface area contributed by atoms with Crippen LogP contribution in [0.4, 0.5) is 17.6 Å². The number of fused-ring (bicyclic) bond motifs is 18. The Bertz CT molecular complexity index is 1770. The zero-order valence-corrected chi connectivity index (χ0v) is 34.5. The number of halogens is 4. The van der Waals surface area contributed by atoms with E-state index >= 15 is 17.6 Å². The van der Waals surface area contributed by atoms with E-state index in [0.717, 1.165) is 6.92 Å². The number of Topliss-reactive ketones (excluding diaryl/α,β-unsaturated/α-hetero) is 1. The van der Waals surface area contributed by atoms with Crippen LogP contribution >= 0.6 is 23.5 Å². The van der Waals surface area contributed by atoms with Gasteiger partial charge in [0.15, 0.2) is 41.1 Å². The van der Waals surface area contributed by atoms with Crippen LogP contribution in [0.15, 0.2) is 9.79 Å². The zero-order valence-electron chi connectivity index (χ0n) is 32.8. The predicted molar refractivity (Wildman–Crippen MR) is 215 cm³/mol. The first kappa shape index (κ1) is 51.5. The van der Waals surface area contributed by atoms with E-state index in [-0.39, 0.29) is 81.7 Å². The van der Waals surface area contributed by atoms with Gasteiger partial charge in [0.2, 0.25) is 29.5 Å². The maximum atomic E-state index is 15.4. The van der Waals surface area contributed by atoms with Gasteiger partial charge in [0, 0.05) is 31.1 Å². The molecule has 5 unspecified atom stereocenters. The van der Waals surface area contributed by atoms with Gasteiger partial charge in [0.05, 0.1) is 16.3 Å². The van der Waals surface area contributed by atoms with Crippen molar-refractivity contribution in [3.8, 4) is 0 Å². The van der Waals surface area contributed by atoms with Gasteiger partial charge >= 0.3 is 0 Å². The molecule has 2 aliphatic heterocycles. The van der Waals surface area contributed by atoms with Gasteiger partial charge in [0.25, 0.3) is 0 Å². The minimum absolute atomic E-state index is 0.0117. The van der Waals surface area contributed by atoms with Crippen molar-refractivity contribution in [3.63, 3.8) is 0 Å². The molecule has 0 saturated carbocycles. The quantitative estimate of drug-likeness (QED) is 0.0152. The van der Waals surface area contributed by atoms with Gasteiger partial charge in [-0.1, -0.05) is 0 Å². The highest BCUT2D eigenvalue weighted by atomic mass is 32.2. The van der Waals surface area contributed by atoms with Crippen LogP contribution in [0.3, 0.4) is 0 Å². The Morgan fingerprint density at radius 3 is 1.36 bits per heavy atom. The number of thioether (sulfide) groups is 2. The molecule has 3 rings (SSSR count). The lowest BCUT2D eigenvalue weighted by molar-refractivity contribution is -0.135. The largest absolute Gasteiger partial charge is 0.370 e. The molecule has 2 bridgehead atoms. The summed E-state index contributed by atoms with van der Waals surface area (Å²) in [5.41, 5.74) is 17.7. The van der Waals surface area contributed by atoms with E-state index in [1.54, 1.807) is 5.48 Å². The second kappa shape index (κ2) is 25.9. The van der Waals surface area contributed by atoms with Crippen LogP contribution in [0.5, 0.6) is 0 Å². The molecule has 0 fully saturated rings. The number of benzene rings is 1. The molecule has 2 aliphatic rings. The topological polar surface area (TPSA) is 381 Å². The molecule has 0 aromatic heterocycles. The number of guanidine groups is 3. The van der Waals surface area contributed by atoms with E-state index in [2.05, 4.69) is 42.5 Å². The fourth-order valence-electron chi connectivity index (χ4n) is 5.35. The maximum Gasteiger partial charge on any atom is 0.243 e. The monoisotopic (exact) mass is 909 g/mol. The van der Waals surface area contributed by atoms with Gasteiger partial charge in [-0.05, 0) is 45.4 Å². The number of hydroxylamine groups is 1. The SMILES string of the molecule is CC(=O)CNC(=O)C1CSc2c(F)c(F)c(c(F)c2F)SCC(NO)C(=O)NC(CCCNC(=N)N)C(=O)NC(CCCNC(=N)N)C(=O)NC(CCCNC(=N)N)C(=O)N1. The number of hydrogen-bond donors (Lipinski definition) is 16. The molecule has 0 aliphatic carbocycles. The Balaban J connectivity index is 2.73. The third-order valence-corrected chi connectivity index (χ3v) is 10.7. The number of rotatable bonds is 16. The van der Waals surface area contributed by atoms with Crippen LogP contribution in [0.1, 0.15) is 45.4 Å². The first-order valence-electron chi connectivity index (χ1n) is 18.5. The molecule has 1 aromatic rings. The Kier molecular flexibility index (Phi) is 21.9. The fourth-order valence-corrected chi connectivity index (χ4v) is 7.34. The van der Waals surface area contributed by atoms with E-state index in [0.29, 0.717) is 0 Å². The van der Waals surface area contributed by atoms with Gasteiger partial charge < -0.3 is 64.9 Å². The van der Waals surface area contributed by atoms with Gasteiger partial charge in [-0.15, -0.1) is 23.5 Å². The summed E-state index contributed by atoms with van der Waals surface area (Å²) in [5, 5.41) is 51.5. The molecule has 2 heterocycles. The third-order valence-electron chi connectivity index (χ3n) is 8.44. The predicted octanol–water partition coefficient (Wildman–Crippen LogP) is -2.78. The van der Waals surface area contributed by atoms with Gasteiger partial charge in [0.1, 0.15) is 36.0 Å². The first-order chi connectivity index (χ1) is 28.8. The standard InChI is InChI=1S/C33H51F4N15O7S2/c1-14(53)11-47-26(54)18-12-60-24-20(34)22(36)25(23(37)21(24)35)61-13-19(52-59)30(58)50-16(6-3-9-45-32(40)41)28(56)48-15(5-2-8-44-31(38)39)27(55)49-17(29(57)51-18)7-4-10-46-33(42)43/h15-19,52,59H,2-13H2,1H3,(H,47,54)(H,48,56)(H,49,55)(H,50,58)(H,51,57)(H4,38,39,44)(H4,40,41,45)(H4,42,43,46). The molecule has 22 nitrogen and oxygen atoms in total. The van der Waals surface area contributed by atoms with Crippen LogP contribution in [-0.4, -0.2) is 126 Å². The maximum absolute atomic E-state index is 15.4. The van der Waals surface area contributed by atoms with Crippen molar-refractivity contribution < 1.29 is 51.5 Å². The van der Waals surface area contributed by atoms with Crippen molar-refractivity contribution in [2.75, 3.05) is 37.7 Å². The van der Waals surface area contributed by atoms with E-state index in [1.807, 2.05) is 0 Å². The lowest BCUT2D eigenvalue weighted by Crippen LogP contribution is -2.59. The Hall–Kier alpha value is -5.61. The highest BCUT2D eigenvalue weighted by molar-refractivity contribution is 7.99. The second-order valence-electron chi connectivity index (χ2n) is 13.3. The Morgan fingerprint density at radius 2 is 1.00 bits per heavy atom. The van der Waals surface area contributed by atoms with E-state index < -0.39 is 135 Å². The molecule has 28 heteroatoms. The summed E-state index contributed by atoms with van der Waals surface area (Å²) >= 11 is 0.194. The number of carbonyl (C=O) groups excluding carboxylic acids is 6. The number of nitrogens with two attached hydrogens (primary N) is 3. The minimum Gasteiger partial charge on any atom is -0.370 e. The van der Waals surface area contributed by atoms with Crippen molar-refractivity contribution in [2.45, 2.75) is 85.4 Å². The van der Waals surface area contributed by atoms with Crippen molar-refractivity contribution in [1.82, 2.24) is 48.0 Å². The number of amides is 5. The summed E-state index contributed by atoms with van der Waals surface area (Å²) in [6.45, 7) is 0.675. The Morgan fingerprint density at radius 1 is 0.639 bits per heavy atom. The van der Waals surface area contributed by atoms with Crippen molar-refractivity contribution in [3.05, 3.63) is 23.3 Å². The molecule has 0 saturated heterocycles. The summed E-state index contributed by atoms with van der Waals surface area (Å²) < 4.78 is 61.6. The summed E-state index contributed by atoms with van der Waals surface area (Å²) in [6.07, 6.45) is -0.338. The molecule has 5 atom stereocenters. The summed E-state index contributed by atoms with van der Waals surface area (Å²) in [4.78, 5) is 77.6. The van der Waals surface area contributed by atoms with Crippen LogP contribution in [0.25, 0.3) is 0 Å². The van der Waals surface area contributed by atoms with Gasteiger partial charge in [-0.3, -0.25) is 45.0 Å². The average molecular weight is 910 g/mol.